The molecule has 1 aliphatic carbocycles. The summed E-state index contributed by atoms with van der Waals surface area (Å²) in [6.07, 6.45) is 9.85. The van der Waals surface area contributed by atoms with Crippen molar-refractivity contribution in [2.75, 3.05) is 64.9 Å². The second-order valence-corrected chi connectivity index (χ2v) is 9.27. The van der Waals surface area contributed by atoms with Crippen LogP contribution in [0.15, 0.2) is 35.9 Å². The zero-order valence-electron chi connectivity index (χ0n) is 19.4. The van der Waals surface area contributed by atoms with E-state index in [0.29, 0.717) is 0 Å². The quantitative estimate of drug-likeness (QED) is 0.433. The van der Waals surface area contributed by atoms with Crippen LogP contribution in [0.3, 0.4) is 0 Å². The number of ether oxygens (including phenoxy) is 1. The molecule has 0 spiro atoms. The Morgan fingerprint density at radius 3 is 2.58 bits per heavy atom. The van der Waals surface area contributed by atoms with Gasteiger partial charge in [0.2, 0.25) is 0 Å². The summed E-state index contributed by atoms with van der Waals surface area (Å²) in [6.45, 7) is 7.68. The van der Waals surface area contributed by atoms with Gasteiger partial charge in [-0.05, 0) is 68.4 Å². The second-order valence-electron chi connectivity index (χ2n) is 8.88. The van der Waals surface area contributed by atoms with Gasteiger partial charge in [-0.1, -0.05) is 23.8 Å². The Morgan fingerprint density at radius 1 is 1.13 bits per heavy atom. The Bertz CT molecular complexity index is 698. The lowest BCUT2D eigenvalue weighted by Gasteiger charge is -2.30. The van der Waals surface area contributed by atoms with Crippen LogP contribution < -0.4 is 10.2 Å². The third kappa shape index (κ3) is 8.43. The molecule has 3 rings (SSSR count). The van der Waals surface area contributed by atoms with Crippen molar-refractivity contribution in [3.8, 4) is 0 Å². The molecule has 1 aromatic carbocycles. The molecule has 1 aliphatic heterocycles. The van der Waals surface area contributed by atoms with Gasteiger partial charge >= 0.3 is 0 Å². The molecule has 0 atom stereocenters. The molecule has 2 aliphatic rings. The number of thiocarbonyl (C=S) groups is 1. The molecule has 31 heavy (non-hydrogen) atoms. The fourth-order valence-electron chi connectivity index (χ4n) is 4.26. The molecule has 0 amide bonds. The number of hydrogen-bond donors (Lipinski definition) is 1. The molecule has 5 nitrogen and oxygen atoms in total. The predicted octanol–water partition coefficient (Wildman–Crippen LogP) is 4.04. The van der Waals surface area contributed by atoms with Gasteiger partial charge in [0.15, 0.2) is 5.11 Å². The first kappa shape index (κ1) is 24.0. The third-order valence-corrected chi connectivity index (χ3v) is 6.63. The number of allylic oxidation sites excluding steroid dienone is 1. The number of benzene rings is 1. The van der Waals surface area contributed by atoms with E-state index in [1.807, 2.05) is 0 Å². The third-order valence-electron chi connectivity index (χ3n) is 6.23. The van der Waals surface area contributed by atoms with E-state index in [0.717, 1.165) is 70.4 Å². The van der Waals surface area contributed by atoms with Crippen LogP contribution in [0, 0.1) is 0 Å². The molecule has 172 valence electrons. The lowest BCUT2D eigenvalue weighted by Crippen LogP contribution is -2.42. The van der Waals surface area contributed by atoms with Crippen molar-refractivity contribution in [3.05, 3.63) is 41.5 Å². The van der Waals surface area contributed by atoms with E-state index in [2.05, 4.69) is 64.5 Å². The molecule has 1 fully saturated rings. The van der Waals surface area contributed by atoms with Crippen molar-refractivity contribution >= 4 is 23.0 Å². The van der Waals surface area contributed by atoms with E-state index in [4.69, 9.17) is 17.0 Å². The Labute approximate surface area is 194 Å². The van der Waals surface area contributed by atoms with Gasteiger partial charge in [0.05, 0.1) is 13.2 Å². The maximum atomic E-state index is 5.83. The fourth-order valence-corrected chi connectivity index (χ4v) is 4.51. The monoisotopic (exact) mass is 444 g/mol. The number of nitrogens with one attached hydrogen (secondary N) is 1. The van der Waals surface area contributed by atoms with Crippen molar-refractivity contribution in [3.63, 3.8) is 0 Å². The van der Waals surface area contributed by atoms with Gasteiger partial charge in [0.25, 0.3) is 0 Å². The van der Waals surface area contributed by atoms with E-state index >= 15 is 0 Å². The highest BCUT2D eigenvalue weighted by Gasteiger charge is 2.14. The summed E-state index contributed by atoms with van der Waals surface area (Å²) in [7, 11) is 4.15. The summed E-state index contributed by atoms with van der Waals surface area (Å²) in [5.41, 5.74) is 4.12. The van der Waals surface area contributed by atoms with E-state index in [-0.39, 0.29) is 0 Å². The molecule has 6 heteroatoms. The van der Waals surface area contributed by atoms with Crippen LogP contribution in [-0.2, 0) is 11.3 Å². The van der Waals surface area contributed by atoms with Crippen LogP contribution >= 0.6 is 12.2 Å². The highest BCUT2D eigenvalue weighted by molar-refractivity contribution is 7.80. The van der Waals surface area contributed by atoms with Crippen LogP contribution in [0.25, 0.3) is 0 Å². The van der Waals surface area contributed by atoms with Crippen molar-refractivity contribution < 1.29 is 4.74 Å². The average Bonchev–Trinajstić information content (AvgIpc) is 2.80. The summed E-state index contributed by atoms with van der Waals surface area (Å²) < 4.78 is 5.47. The first-order chi connectivity index (χ1) is 15.1. The molecule has 0 bridgehead atoms. The fraction of sp³-hybridized carbons (Fsp3) is 0.640. The molecule has 1 saturated heterocycles. The second kappa shape index (κ2) is 13.0. The summed E-state index contributed by atoms with van der Waals surface area (Å²) in [5.74, 6) is 0. The molecular weight excluding hydrogens is 404 g/mol. The van der Waals surface area contributed by atoms with Gasteiger partial charge in [-0.25, -0.2) is 0 Å². The van der Waals surface area contributed by atoms with Gasteiger partial charge in [-0.2, -0.15) is 0 Å². The van der Waals surface area contributed by atoms with Crippen LogP contribution in [-0.4, -0.2) is 74.9 Å². The van der Waals surface area contributed by atoms with Crippen molar-refractivity contribution in [1.29, 1.82) is 0 Å². The van der Waals surface area contributed by atoms with Gasteiger partial charge < -0.3 is 19.9 Å². The van der Waals surface area contributed by atoms with Crippen molar-refractivity contribution in [1.82, 2.24) is 15.1 Å². The van der Waals surface area contributed by atoms with Crippen LogP contribution in [0.1, 0.15) is 44.1 Å². The van der Waals surface area contributed by atoms with Crippen LogP contribution in [0.5, 0.6) is 0 Å². The summed E-state index contributed by atoms with van der Waals surface area (Å²) in [5, 5.41) is 4.43. The molecule has 1 N–H and O–H groups in total. The van der Waals surface area contributed by atoms with Crippen LogP contribution in [0.4, 0.5) is 5.69 Å². The van der Waals surface area contributed by atoms with E-state index in [1.165, 1.54) is 36.9 Å². The van der Waals surface area contributed by atoms with E-state index in [1.54, 1.807) is 5.57 Å². The van der Waals surface area contributed by atoms with Crippen LogP contribution in [0.2, 0.25) is 0 Å². The molecule has 0 aromatic heterocycles. The van der Waals surface area contributed by atoms with Gasteiger partial charge in [0.1, 0.15) is 0 Å². The minimum Gasteiger partial charge on any atom is -0.379 e. The molecular formula is C25H40N4OS. The largest absolute Gasteiger partial charge is 0.379 e. The van der Waals surface area contributed by atoms with E-state index in [9.17, 15) is 0 Å². The molecule has 1 heterocycles. The summed E-state index contributed by atoms with van der Waals surface area (Å²) in [6, 6.07) is 8.82. The maximum Gasteiger partial charge on any atom is 0.169 e. The average molecular weight is 445 g/mol. The zero-order valence-corrected chi connectivity index (χ0v) is 20.3. The Kier molecular flexibility index (Phi) is 10.1. The maximum absolute atomic E-state index is 5.83. The van der Waals surface area contributed by atoms with E-state index < -0.39 is 0 Å². The van der Waals surface area contributed by atoms with Crippen molar-refractivity contribution in [2.24, 2.45) is 0 Å². The number of rotatable bonds is 10. The minimum absolute atomic E-state index is 0.853. The van der Waals surface area contributed by atoms with Gasteiger partial charge in [-0.15, -0.1) is 0 Å². The number of nitrogens with zero attached hydrogens (tertiary/aromatic N) is 3. The Balaban J connectivity index is 1.52. The lowest BCUT2D eigenvalue weighted by molar-refractivity contribution is 0.0367. The highest BCUT2D eigenvalue weighted by Crippen LogP contribution is 2.19. The Morgan fingerprint density at radius 2 is 1.90 bits per heavy atom. The zero-order chi connectivity index (χ0) is 21.9. The Hall–Kier alpha value is -1.63. The summed E-state index contributed by atoms with van der Waals surface area (Å²) >= 11 is 5.83. The normalized spacial score (nSPS) is 17.2. The number of hydrogen-bond acceptors (Lipinski definition) is 4. The predicted molar refractivity (Wildman–Crippen MR) is 135 cm³/mol. The SMILES string of the molecule is CN(C)c1ccc(CN(CCCN2CCOCC2)C(=S)NCCC2=CCCCC2)cc1. The highest BCUT2D eigenvalue weighted by atomic mass is 32.1. The topological polar surface area (TPSA) is 31.0 Å². The first-order valence-electron chi connectivity index (χ1n) is 11.9. The lowest BCUT2D eigenvalue weighted by atomic mass is 9.97. The molecule has 0 saturated carbocycles. The van der Waals surface area contributed by atoms with Gasteiger partial charge in [0, 0.05) is 59.1 Å². The number of anilines is 1. The molecule has 0 radical (unpaired) electrons. The number of morpholine rings is 1. The smallest absolute Gasteiger partial charge is 0.169 e. The standard InChI is InChI=1S/C25H40N4OS/c1-27(2)24-11-9-23(10-12-24)21-29(16-6-15-28-17-19-30-20-18-28)25(31)26-14-13-22-7-4-3-5-8-22/h7,9-12H,3-6,8,13-21H2,1-2H3,(H,26,31). The molecule has 0 unspecified atom stereocenters. The van der Waals surface area contributed by atoms with Crippen molar-refractivity contribution in [2.45, 2.75) is 45.1 Å². The molecule has 1 aromatic rings. The van der Waals surface area contributed by atoms with Gasteiger partial charge in [-0.3, -0.25) is 4.90 Å². The summed E-state index contributed by atoms with van der Waals surface area (Å²) in [4.78, 5) is 6.98. The first-order valence-corrected chi connectivity index (χ1v) is 12.3. The minimum atomic E-state index is 0.853.